The summed E-state index contributed by atoms with van der Waals surface area (Å²) in [6.45, 7) is 2.08. The molecule has 1 atom stereocenters. The molecule has 0 fully saturated rings. The maximum atomic E-state index is 9.93. The fraction of sp³-hybridized carbons (Fsp3) is 0.500. The van der Waals surface area contributed by atoms with E-state index in [1.165, 1.54) is 5.69 Å². The monoisotopic (exact) mass is 249 g/mol. The van der Waals surface area contributed by atoms with E-state index in [4.69, 9.17) is 0 Å². The summed E-state index contributed by atoms with van der Waals surface area (Å²) in [6.07, 6.45) is 5.53. The molecule has 1 N–H and O–H groups in total. The van der Waals surface area contributed by atoms with Crippen LogP contribution < -0.4 is 0 Å². The van der Waals surface area contributed by atoms with E-state index < -0.39 is 0 Å². The smallest absolute Gasteiger partial charge is 0.216 e. The van der Waals surface area contributed by atoms with Crippen LogP contribution in [0.2, 0.25) is 0 Å². The van der Waals surface area contributed by atoms with Gasteiger partial charge in [0, 0.05) is 17.5 Å². The number of aryl methyl sites for hydroxylation is 1. The molecular formula is C12H15N3OS. The quantitative estimate of drug-likeness (QED) is 0.888. The average molecular weight is 249 g/mol. The molecule has 17 heavy (non-hydrogen) atoms. The van der Waals surface area contributed by atoms with Crippen molar-refractivity contribution in [1.29, 1.82) is 0 Å². The zero-order valence-electron chi connectivity index (χ0n) is 9.76. The zero-order chi connectivity index (χ0) is 11.8. The number of aliphatic hydroxyl groups excluding tert-OH is 1. The molecule has 0 spiro atoms. The number of hydrogen-bond donors (Lipinski definition) is 1. The van der Waals surface area contributed by atoms with Crippen LogP contribution in [0, 0.1) is 0 Å². The lowest BCUT2D eigenvalue weighted by atomic mass is 9.95. The number of nitrogens with zero attached hydrogens (tertiary/aromatic N) is 3. The van der Waals surface area contributed by atoms with Crippen molar-refractivity contribution in [2.75, 3.05) is 0 Å². The normalized spacial score (nSPS) is 19.3. The Labute approximate surface area is 104 Å². The first-order valence-electron chi connectivity index (χ1n) is 6.00. The highest BCUT2D eigenvalue weighted by molar-refractivity contribution is 7.13. The topological polar surface area (TPSA) is 50.9 Å². The van der Waals surface area contributed by atoms with Crippen LogP contribution in [-0.2, 0) is 12.8 Å². The second kappa shape index (κ2) is 4.23. The zero-order valence-corrected chi connectivity index (χ0v) is 10.6. The van der Waals surface area contributed by atoms with Gasteiger partial charge in [0.2, 0.25) is 5.13 Å². The lowest BCUT2D eigenvalue weighted by Gasteiger charge is -2.19. The van der Waals surface area contributed by atoms with E-state index in [1.54, 1.807) is 11.3 Å². The molecule has 0 saturated heterocycles. The summed E-state index contributed by atoms with van der Waals surface area (Å²) in [5.41, 5.74) is 2.26. The predicted octanol–water partition coefficient (Wildman–Crippen LogP) is 2.26. The molecule has 0 aliphatic heterocycles. The highest BCUT2D eigenvalue weighted by Gasteiger charge is 2.22. The number of fused-ring (bicyclic) bond motifs is 1. The van der Waals surface area contributed by atoms with Crippen molar-refractivity contribution < 1.29 is 5.11 Å². The van der Waals surface area contributed by atoms with Gasteiger partial charge >= 0.3 is 0 Å². The molecule has 2 aromatic rings. The van der Waals surface area contributed by atoms with Crippen LogP contribution in [0.15, 0.2) is 12.3 Å². The summed E-state index contributed by atoms with van der Waals surface area (Å²) in [4.78, 5) is 0. The molecule has 0 amide bonds. The molecule has 1 unspecified atom stereocenters. The second-order valence-corrected chi connectivity index (χ2v) is 5.37. The molecule has 1 aliphatic rings. The molecule has 3 rings (SSSR count). The Bertz CT molecular complexity index is 532. The van der Waals surface area contributed by atoms with E-state index in [2.05, 4.69) is 21.7 Å². The fourth-order valence-corrected chi connectivity index (χ4v) is 3.12. The van der Waals surface area contributed by atoms with Gasteiger partial charge < -0.3 is 5.11 Å². The van der Waals surface area contributed by atoms with Crippen LogP contribution in [-0.4, -0.2) is 19.9 Å². The minimum absolute atomic E-state index is 0.307. The molecule has 4 nitrogen and oxygen atoms in total. The van der Waals surface area contributed by atoms with Gasteiger partial charge in [-0.25, -0.2) is 0 Å². The van der Waals surface area contributed by atoms with Gasteiger partial charge in [0.1, 0.15) is 5.01 Å². The molecule has 0 aromatic carbocycles. The number of aromatic nitrogens is 3. The van der Waals surface area contributed by atoms with Crippen LogP contribution in [0.25, 0.3) is 5.13 Å². The Morgan fingerprint density at radius 1 is 1.53 bits per heavy atom. The third kappa shape index (κ3) is 1.79. The molecule has 0 saturated carbocycles. The van der Waals surface area contributed by atoms with Crippen LogP contribution in [0.4, 0.5) is 0 Å². The van der Waals surface area contributed by atoms with Gasteiger partial charge in [-0.1, -0.05) is 18.3 Å². The first kappa shape index (κ1) is 10.9. The van der Waals surface area contributed by atoms with E-state index in [0.717, 1.165) is 41.4 Å². The summed E-state index contributed by atoms with van der Waals surface area (Å²) in [5.74, 6) is 0. The van der Waals surface area contributed by atoms with Gasteiger partial charge in [-0.3, -0.25) is 4.57 Å². The van der Waals surface area contributed by atoms with E-state index in [0.29, 0.717) is 0 Å². The van der Waals surface area contributed by atoms with Gasteiger partial charge in [-0.05, 0) is 31.7 Å². The molecule has 5 heteroatoms. The van der Waals surface area contributed by atoms with Crippen molar-refractivity contribution in [2.45, 2.75) is 38.7 Å². The molecule has 1 aliphatic carbocycles. The highest BCUT2D eigenvalue weighted by atomic mass is 32.1. The average Bonchev–Trinajstić information content (AvgIpc) is 2.94. The molecular weight excluding hydrogens is 234 g/mol. The SMILES string of the molecule is CCc1nnc(-n2ccc3c2CCCC3O)s1. The Hall–Kier alpha value is -1.20. The first-order chi connectivity index (χ1) is 8.29. The van der Waals surface area contributed by atoms with Crippen LogP contribution in [0.1, 0.15) is 42.1 Å². The number of hydrogen-bond acceptors (Lipinski definition) is 4. The number of rotatable bonds is 2. The summed E-state index contributed by atoms with van der Waals surface area (Å²) in [5, 5.41) is 20.3. The van der Waals surface area contributed by atoms with Gasteiger partial charge in [-0.2, -0.15) is 0 Å². The fourth-order valence-electron chi connectivity index (χ4n) is 2.33. The van der Waals surface area contributed by atoms with E-state index >= 15 is 0 Å². The Morgan fingerprint density at radius 2 is 2.41 bits per heavy atom. The number of aliphatic hydroxyl groups is 1. The minimum atomic E-state index is -0.307. The summed E-state index contributed by atoms with van der Waals surface area (Å²) >= 11 is 1.62. The Kier molecular flexibility index (Phi) is 2.72. The van der Waals surface area contributed by atoms with Gasteiger partial charge in [0.25, 0.3) is 0 Å². The van der Waals surface area contributed by atoms with Crippen molar-refractivity contribution in [1.82, 2.24) is 14.8 Å². The minimum Gasteiger partial charge on any atom is -0.388 e. The van der Waals surface area contributed by atoms with Crippen molar-refractivity contribution >= 4 is 11.3 Å². The Balaban J connectivity index is 2.03. The van der Waals surface area contributed by atoms with Crippen LogP contribution >= 0.6 is 11.3 Å². The third-order valence-electron chi connectivity index (χ3n) is 3.24. The van der Waals surface area contributed by atoms with Gasteiger partial charge in [0.05, 0.1) is 6.10 Å². The highest BCUT2D eigenvalue weighted by Crippen LogP contribution is 2.32. The van der Waals surface area contributed by atoms with Gasteiger partial charge in [-0.15, -0.1) is 10.2 Å². The molecule has 0 bridgehead atoms. The molecule has 90 valence electrons. The van der Waals surface area contributed by atoms with E-state index in [-0.39, 0.29) is 6.10 Å². The Morgan fingerprint density at radius 3 is 3.18 bits per heavy atom. The molecule has 2 heterocycles. The lowest BCUT2D eigenvalue weighted by molar-refractivity contribution is 0.156. The van der Waals surface area contributed by atoms with Crippen molar-refractivity contribution in [2.24, 2.45) is 0 Å². The molecule has 2 aromatic heterocycles. The summed E-state index contributed by atoms with van der Waals surface area (Å²) < 4.78 is 2.08. The first-order valence-corrected chi connectivity index (χ1v) is 6.82. The maximum Gasteiger partial charge on any atom is 0.216 e. The van der Waals surface area contributed by atoms with Crippen LogP contribution in [0.3, 0.4) is 0 Å². The van der Waals surface area contributed by atoms with Crippen LogP contribution in [0.5, 0.6) is 0 Å². The largest absolute Gasteiger partial charge is 0.388 e. The summed E-state index contributed by atoms with van der Waals surface area (Å²) in [7, 11) is 0. The van der Waals surface area contributed by atoms with Crippen molar-refractivity contribution in [3.8, 4) is 5.13 Å². The molecule has 0 radical (unpaired) electrons. The van der Waals surface area contributed by atoms with Crippen molar-refractivity contribution in [3.05, 3.63) is 28.5 Å². The van der Waals surface area contributed by atoms with E-state index in [1.807, 2.05) is 12.3 Å². The maximum absolute atomic E-state index is 9.93. The standard InChI is InChI=1S/C12H15N3OS/c1-2-11-13-14-12(17-11)15-7-6-8-9(15)4-3-5-10(8)16/h6-7,10,16H,2-5H2,1H3. The third-order valence-corrected chi connectivity index (χ3v) is 4.31. The lowest BCUT2D eigenvalue weighted by Crippen LogP contribution is -2.10. The van der Waals surface area contributed by atoms with Crippen molar-refractivity contribution in [3.63, 3.8) is 0 Å². The predicted molar refractivity (Wildman–Crippen MR) is 66.5 cm³/mol. The van der Waals surface area contributed by atoms with Gasteiger partial charge in [0.15, 0.2) is 0 Å². The summed E-state index contributed by atoms with van der Waals surface area (Å²) in [6, 6.07) is 2.01. The second-order valence-electron chi connectivity index (χ2n) is 4.33. The van der Waals surface area contributed by atoms with E-state index in [9.17, 15) is 5.11 Å².